The van der Waals surface area contributed by atoms with Crippen LogP contribution < -0.4 is 14.4 Å². The lowest BCUT2D eigenvalue weighted by Crippen LogP contribution is -2.47. The summed E-state index contributed by atoms with van der Waals surface area (Å²) in [6.07, 6.45) is -3.57. The van der Waals surface area contributed by atoms with E-state index in [-0.39, 0.29) is 6.61 Å². The van der Waals surface area contributed by atoms with Gasteiger partial charge in [0.15, 0.2) is 6.61 Å². The van der Waals surface area contributed by atoms with Crippen LogP contribution in [0.3, 0.4) is 0 Å². The van der Waals surface area contributed by atoms with Crippen molar-refractivity contribution in [2.45, 2.75) is 22.4 Å². The first-order valence-corrected chi connectivity index (χ1v) is 16.1. The predicted molar refractivity (Wildman–Crippen MR) is 173 cm³/mol. The lowest BCUT2D eigenvalue weighted by Gasteiger charge is -2.36. The number of para-hydroxylation sites is 1. The Labute approximate surface area is 270 Å². The van der Waals surface area contributed by atoms with Crippen molar-refractivity contribution in [3.63, 3.8) is 0 Å². The van der Waals surface area contributed by atoms with Gasteiger partial charge in [-0.1, -0.05) is 36.0 Å². The molecule has 7 nitrogen and oxygen atoms in total. The van der Waals surface area contributed by atoms with E-state index in [1.807, 2.05) is 65.6 Å². The van der Waals surface area contributed by atoms with E-state index in [2.05, 4.69) is 9.80 Å². The molecule has 46 heavy (non-hydrogen) atoms. The molecule has 1 fully saturated rings. The highest BCUT2D eigenvalue weighted by Crippen LogP contribution is 2.49. The number of ether oxygens (including phenoxy) is 3. The van der Waals surface area contributed by atoms with E-state index in [0.717, 1.165) is 77.2 Å². The maximum absolute atomic E-state index is 13.5. The molecule has 0 aliphatic carbocycles. The van der Waals surface area contributed by atoms with Crippen molar-refractivity contribution >= 4 is 39.9 Å². The van der Waals surface area contributed by atoms with Crippen molar-refractivity contribution < 1.29 is 32.2 Å². The summed E-state index contributed by atoms with van der Waals surface area (Å²) in [5, 5.41) is 2.02. The Balaban J connectivity index is 0.920. The Morgan fingerprint density at radius 1 is 0.783 bits per heavy atom. The number of esters is 1. The quantitative estimate of drug-likeness (QED) is 0.159. The number of methoxy groups -OCH3 is 1. The highest BCUT2D eigenvalue weighted by molar-refractivity contribution is 7.99. The van der Waals surface area contributed by atoms with Crippen molar-refractivity contribution in [3.8, 4) is 11.5 Å². The Bertz CT molecular complexity index is 1680. The van der Waals surface area contributed by atoms with Crippen LogP contribution in [0.25, 0.3) is 10.8 Å². The summed E-state index contributed by atoms with van der Waals surface area (Å²) in [7, 11) is 1.63. The van der Waals surface area contributed by atoms with Gasteiger partial charge in [0.05, 0.1) is 24.0 Å². The zero-order chi connectivity index (χ0) is 32.1. The summed E-state index contributed by atoms with van der Waals surface area (Å²) in [6, 6.07) is 23.3. The third kappa shape index (κ3) is 7.71. The van der Waals surface area contributed by atoms with Gasteiger partial charge in [-0.05, 0) is 78.3 Å². The number of halogens is 3. The van der Waals surface area contributed by atoms with Crippen molar-refractivity contribution in [2.24, 2.45) is 0 Å². The number of fused-ring (bicyclic) bond motifs is 3. The van der Waals surface area contributed by atoms with Gasteiger partial charge in [0.2, 0.25) is 0 Å². The van der Waals surface area contributed by atoms with Gasteiger partial charge >= 0.3 is 12.1 Å². The number of hydrogen-bond acceptors (Lipinski definition) is 8. The molecule has 0 bridgehead atoms. The van der Waals surface area contributed by atoms with E-state index >= 15 is 0 Å². The molecular formula is C35H36F3N3O4S. The molecule has 0 aromatic heterocycles. The van der Waals surface area contributed by atoms with Gasteiger partial charge in [0.1, 0.15) is 18.1 Å². The first kappa shape index (κ1) is 32.0. The Kier molecular flexibility index (Phi) is 9.91. The smallest absolute Gasteiger partial charge is 0.416 e. The lowest BCUT2D eigenvalue weighted by atomic mass is 10.1. The van der Waals surface area contributed by atoms with E-state index in [1.165, 1.54) is 17.8 Å². The van der Waals surface area contributed by atoms with Crippen LogP contribution >= 0.6 is 11.8 Å². The number of alkyl halides is 3. The summed E-state index contributed by atoms with van der Waals surface area (Å²) < 4.78 is 56.9. The first-order chi connectivity index (χ1) is 22.3. The SMILES string of the molecule is COc1ccc2cc(OCC(=O)OCCN3CCN(CCCN4c5ccccc5Sc5ccc(C(F)(F)F)cc54)CC3)ccc2c1. The number of benzene rings is 4. The van der Waals surface area contributed by atoms with Crippen molar-refractivity contribution in [2.75, 3.05) is 71.0 Å². The lowest BCUT2D eigenvalue weighted by molar-refractivity contribution is -0.146. The predicted octanol–water partition coefficient (Wildman–Crippen LogP) is 7.10. The molecule has 0 amide bonds. The molecule has 2 aliphatic heterocycles. The summed E-state index contributed by atoms with van der Waals surface area (Å²) in [5.41, 5.74) is 0.932. The van der Waals surface area contributed by atoms with E-state index in [4.69, 9.17) is 14.2 Å². The molecule has 0 N–H and O–H groups in total. The monoisotopic (exact) mass is 651 g/mol. The van der Waals surface area contributed by atoms with Crippen LogP contribution in [-0.2, 0) is 15.7 Å². The third-order valence-electron chi connectivity index (χ3n) is 8.32. The highest BCUT2D eigenvalue weighted by Gasteiger charge is 2.33. The van der Waals surface area contributed by atoms with E-state index in [1.54, 1.807) is 13.2 Å². The fourth-order valence-electron chi connectivity index (χ4n) is 5.83. The van der Waals surface area contributed by atoms with Gasteiger partial charge in [0.25, 0.3) is 0 Å². The average molecular weight is 652 g/mol. The maximum atomic E-state index is 13.5. The third-order valence-corrected chi connectivity index (χ3v) is 9.45. The molecule has 0 spiro atoms. The Morgan fingerprint density at radius 3 is 2.20 bits per heavy atom. The number of anilines is 2. The fraction of sp³-hybridized carbons (Fsp3) is 0.343. The largest absolute Gasteiger partial charge is 0.497 e. The van der Waals surface area contributed by atoms with Crippen LogP contribution in [0, 0.1) is 0 Å². The zero-order valence-electron chi connectivity index (χ0n) is 25.6. The molecule has 242 valence electrons. The summed E-state index contributed by atoms with van der Waals surface area (Å²) in [6.45, 7) is 5.74. The number of piperazine rings is 1. The molecule has 1 saturated heterocycles. The van der Waals surface area contributed by atoms with Crippen molar-refractivity contribution in [1.82, 2.24) is 9.80 Å². The van der Waals surface area contributed by atoms with Crippen LogP contribution in [0.15, 0.2) is 88.7 Å². The standard InChI is InChI=1S/C35H36F3N3O4S/c1-43-28-10-7-26-22-29(11-8-25(26)21-28)45-24-34(42)44-20-19-40-17-15-39(16-18-40)13-4-14-41-30-5-2-3-6-32(30)46-33-12-9-27(23-31(33)41)35(36,37)38/h2-3,5-12,21-23H,4,13-20,24H2,1H3. The fourth-order valence-corrected chi connectivity index (χ4v) is 6.90. The van der Waals surface area contributed by atoms with E-state index < -0.39 is 17.7 Å². The minimum atomic E-state index is -4.39. The molecule has 4 aromatic carbocycles. The molecule has 4 aromatic rings. The van der Waals surface area contributed by atoms with Gasteiger partial charge in [-0.2, -0.15) is 13.2 Å². The minimum Gasteiger partial charge on any atom is -0.497 e. The number of rotatable bonds is 11. The van der Waals surface area contributed by atoms with Gasteiger partial charge in [0, 0.05) is 49.1 Å². The molecule has 2 aliphatic rings. The second kappa shape index (κ2) is 14.2. The van der Waals surface area contributed by atoms with Crippen LogP contribution in [0.1, 0.15) is 12.0 Å². The molecule has 0 atom stereocenters. The second-order valence-corrected chi connectivity index (χ2v) is 12.4. The molecule has 0 saturated carbocycles. The zero-order valence-corrected chi connectivity index (χ0v) is 26.4. The summed E-state index contributed by atoms with van der Waals surface area (Å²) in [4.78, 5) is 20.8. The summed E-state index contributed by atoms with van der Waals surface area (Å²) in [5.74, 6) is 0.976. The molecular weight excluding hydrogens is 615 g/mol. The van der Waals surface area contributed by atoms with E-state index in [0.29, 0.717) is 31.1 Å². The van der Waals surface area contributed by atoms with Crippen LogP contribution in [0.2, 0.25) is 0 Å². The normalized spacial score (nSPS) is 15.3. The molecule has 0 radical (unpaired) electrons. The van der Waals surface area contributed by atoms with Gasteiger partial charge in [-0.15, -0.1) is 0 Å². The van der Waals surface area contributed by atoms with Crippen molar-refractivity contribution in [3.05, 3.63) is 84.4 Å². The van der Waals surface area contributed by atoms with Crippen LogP contribution in [0.5, 0.6) is 11.5 Å². The van der Waals surface area contributed by atoms with Gasteiger partial charge in [-0.25, -0.2) is 4.79 Å². The summed E-state index contributed by atoms with van der Waals surface area (Å²) >= 11 is 1.51. The van der Waals surface area contributed by atoms with Crippen molar-refractivity contribution in [1.29, 1.82) is 0 Å². The maximum Gasteiger partial charge on any atom is 0.416 e. The number of carbonyl (C=O) groups excluding carboxylic acids is 1. The first-order valence-electron chi connectivity index (χ1n) is 15.3. The Hall–Kier alpha value is -3.93. The number of nitrogens with zero attached hydrogens (tertiary/aromatic N) is 3. The number of carbonyl (C=O) groups is 1. The molecule has 11 heteroatoms. The highest BCUT2D eigenvalue weighted by atomic mass is 32.2. The number of hydrogen-bond donors (Lipinski definition) is 0. The van der Waals surface area contributed by atoms with Gasteiger partial charge in [-0.3, -0.25) is 4.90 Å². The van der Waals surface area contributed by atoms with E-state index in [9.17, 15) is 18.0 Å². The Morgan fingerprint density at radius 2 is 1.46 bits per heavy atom. The topological polar surface area (TPSA) is 54.5 Å². The van der Waals surface area contributed by atoms with Gasteiger partial charge < -0.3 is 24.0 Å². The van der Waals surface area contributed by atoms with Crippen LogP contribution in [-0.4, -0.2) is 81.9 Å². The molecule has 2 heterocycles. The molecule has 0 unspecified atom stereocenters. The van der Waals surface area contributed by atoms with Crippen LogP contribution in [0.4, 0.5) is 24.5 Å². The minimum absolute atomic E-state index is 0.155. The molecule has 6 rings (SSSR count). The average Bonchev–Trinajstić information content (AvgIpc) is 3.06. The second-order valence-electron chi connectivity index (χ2n) is 11.3.